The fraction of sp³-hybridized carbons (Fsp3) is 0.333. The van der Waals surface area contributed by atoms with Crippen LogP contribution in [0.4, 0.5) is 15.8 Å². The highest BCUT2D eigenvalue weighted by Gasteiger charge is 2.20. The molecule has 0 aliphatic carbocycles. The largest absolute Gasteiger partial charge is 0.370 e. The normalized spacial score (nSPS) is 15.8. The molecule has 1 aromatic carbocycles. The zero-order valence-corrected chi connectivity index (χ0v) is 13.6. The molecule has 0 bridgehead atoms. The van der Waals surface area contributed by atoms with Crippen molar-refractivity contribution in [3.8, 4) is 0 Å². The average Bonchev–Trinajstić information content (AvgIpc) is 3.03. The van der Waals surface area contributed by atoms with E-state index in [0.717, 1.165) is 43.0 Å². The van der Waals surface area contributed by atoms with Crippen LogP contribution < -0.4 is 9.62 Å². The molecule has 1 N–H and O–H groups in total. The summed E-state index contributed by atoms with van der Waals surface area (Å²) in [6.45, 7) is 1.72. The molecule has 0 spiro atoms. The number of anilines is 2. The van der Waals surface area contributed by atoms with Gasteiger partial charge in [0.25, 0.3) is 10.0 Å². The molecule has 118 valence electrons. The third-order valence-electron chi connectivity index (χ3n) is 3.66. The van der Waals surface area contributed by atoms with Crippen molar-refractivity contribution in [2.75, 3.05) is 22.7 Å². The fourth-order valence-corrected chi connectivity index (χ4v) is 4.67. The van der Waals surface area contributed by atoms with Crippen LogP contribution in [0.15, 0.2) is 39.9 Å². The molecule has 0 amide bonds. The summed E-state index contributed by atoms with van der Waals surface area (Å²) < 4.78 is 41.1. The Balaban J connectivity index is 1.94. The summed E-state index contributed by atoms with van der Waals surface area (Å²) in [6, 6.07) is 7.47. The molecule has 7 heteroatoms. The van der Waals surface area contributed by atoms with E-state index < -0.39 is 15.8 Å². The molecule has 1 fully saturated rings. The maximum atomic E-state index is 13.6. The van der Waals surface area contributed by atoms with Crippen molar-refractivity contribution in [1.29, 1.82) is 0 Å². The zero-order valence-electron chi connectivity index (χ0n) is 12.0. The van der Waals surface area contributed by atoms with Crippen LogP contribution in [0.25, 0.3) is 0 Å². The summed E-state index contributed by atoms with van der Waals surface area (Å²) in [6.07, 6.45) is 3.30. The molecule has 0 saturated carbocycles. The third-order valence-corrected chi connectivity index (χ3v) is 6.42. The van der Waals surface area contributed by atoms with E-state index in [2.05, 4.69) is 9.62 Å². The highest BCUT2D eigenvalue weighted by atomic mass is 32.2. The topological polar surface area (TPSA) is 49.4 Å². The number of thiophene rings is 1. The predicted molar refractivity (Wildman–Crippen MR) is 87.6 cm³/mol. The molecule has 1 aromatic heterocycles. The quantitative estimate of drug-likeness (QED) is 0.924. The van der Waals surface area contributed by atoms with Crippen LogP contribution in [0.5, 0.6) is 0 Å². The van der Waals surface area contributed by atoms with Gasteiger partial charge in [0.2, 0.25) is 0 Å². The van der Waals surface area contributed by atoms with E-state index >= 15 is 0 Å². The minimum Gasteiger partial charge on any atom is -0.370 e. The molecular formula is C15H17FN2O2S2. The maximum absolute atomic E-state index is 13.6. The van der Waals surface area contributed by atoms with Crippen LogP contribution in [-0.4, -0.2) is 21.5 Å². The van der Waals surface area contributed by atoms with Gasteiger partial charge in [0.15, 0.2) is 0 Å². The van der Waals surface area contributed by atoms with E-state index in [9.17, 15) is 12.8 Å². The summed E-state index contributed by atoms with van der Waals surface area (Å²) in [5.41, 5.74) is 1.04. The smallest absolute Gasteiger partial charge is 0.271 e. The molecule has 1 aliphatic heterocycles. The lowest BCUT2D eigenvalue weighted by molar-refractivity contribution is 0.577. The molecule has 22 heavy (non-hydrogen) atoms. The maximum Gasteiger partial charge on any atom is 0.271 e. The van der Waals surface area contributed by atoms with Crippen molar-refractivity contribution in [3.05, 3.63) is 41.5 Å². The van der Waals surface area contributed by atoms with Crippen molar-refractivity contribution in [2.45, 2.75) is 23.5 Å². The van der Waals surface area contributed by atoms with Gasteiger partial charge >= 0.3 is 0 Å². The molecule has 1 aliphatic rings. The summed E-state index contributed by atoms with van der Waals surface area (Å²) in [7, 11) is -3.67. The van der Waals surface area contributed by atoms with Crippen LogP contribution in [0.3, 0.4) is 0 Å². The number of halogens is 1. The van der Waals surface area contributed by atoms with E-state index in [4.69, 9.17) is 0 Å². The molecule has 1 saturated heterocycles. The van der Waals surface area contributed by atoms with Gasteiger partial charge in [-0.15, -0.1) is 11.3 Å². The molecular weight excluding hydrogens is 323 g/mol. The number of hydrogen-bond acceptors (Lipinski definition) is 4. The molecule has 0 atom stereocenters. The predicted octanol–water partition coefficient (Wildman–Crippen LogP) is 3.68. The molecule has 2 heterocycles. The van der Waals surface area contributed by atoms with E-state index in [0.29, 0.717) is 5.69 Å². The lowest BCUT2D eigenvalue weighted by atomic mass is 10.1. The standard InChI is InChI=1S/C15H17FN2O2S2/c16-12-6-7-14(18-8-2-1-3-9-18)13(11-12)17-22(19,20)15-5-4-10-21-15/h4-7,10-11,17H,1-3,8-9H2. The van der Waals surface area contributed by atoms with Crippen molar-refractivity contribution in [1.82, 2.24) is 0 Å². The molecule has 0 unspecified atom stereocenters. The summed E-state index contributed by atoms with van der Waals surface area (Å²) in [5, 5.41) is 1.70. The van der Waals surface area contributed by atoms with Crippen molar-refractivity contribution < 1.29 is 12.8 Å². The second-order valence-electron chi connectivity index (χ2n) is 5.25. The number of rotatable bonds is 4. The van der Waals surface area contributed by atoms with Crippen molar-refractivity contribution >= 4 is 32.7 Å². The van der Waals surface area contributed by atoms with Crippen LogP contribution in [0.2, 0.25) is 0 Å². The van der Waals surface area contributed by atoms with Gasteiger partial charge in [-0.3, -0.25) is 4.72 Å². The number of benzene rings is 1. The number of nitrogens with zero attached hydrogens (tertiary/aromatic N) is 1. The van der Waals surface area contributed by atoms with E-state index in [1.807, 2.05) is 0 Å². The number of sulfonamides is 1. The Morgan fingerprint density at radius 2 is 1.91 bits per heavy atom. The second kappa shape index (κ2) is 6.26. The van der Waals surface area contributed by atoms with Gasteiger partial charge in [-0.2, -0.15) is 0 Å². The summed E-state index contributed by atoms with van der Waals surface area (Å²) >= 11 is 1.14. The van der Waals surface area contributed by atoms with Crippen LogP contribution in [-0.2, 0) is 10.0 Å². The molecule has 3 rings (SSSR count). The minimum atomic E-state index is -3.67. The van der Waals surface area contributed by atoms with Crippen LogP contribution >= 0.6 is 11.3 Å². The SMILES string of the molecule is O=S(=O)(Nc1cc(F)ccc1N1CCCCC1)c1cccs1. The van der Waals surface area contributed by atoms with Gasteiger partial charge in [-0.05, 0) is 42.8 Å². The average molecular weight is 340 g/mol. The molecule has 0 radical (unpaired) electrons. The van der Waals surface area contributed by atoms with E-state index in [1.54, 1.807) is 17.5 Å². The Morgan fingerprint density at radius 3 is 2.59 bits per heavy atom. The Labute approximate surface area is 133 Å². The first-order chi connectivity index (χ1) is 10.6. The van der Waals surface area contributed by atoms with Crippen molar-refractivity contribution in [3.63, 3.8) is 0 Å². The Kier molecular flexibility index (Phi) is 4.35. The Hall–Kier alpha value is -1.60. The van der Waals surface area contributed by atoms with E-state index in [-0.39, 0.29) is 4.21 Å². The molecule has 4 nitrogen and oxygen atoms in total. The zero-order chi connectivity index (χ0) is 15.6. The van der Waals surface area contributed by atoms with Crippen molar-refractivity contribution in [2.24, 2.45) is 0 Å². The van der Waals surface area contributed by atoms with Crippen LogP contribution in [0.1, 0.15) is 19.3 Å². The van der Waals surface area contributed by atoms with Gasteiger partial charge in [0.05, 0.1) is 11.4 Å². The lowest BCUT2D eigenvalue weighted by Crippen LogP contribution is -2.30. The lowest BCUT2D eigenvalue weighted by Gasteiger charge is -2.30. The molecule has 2 aromatic rings. The Bertz CT molecular complexity index is 739. The number of hydrogen-bond donors (Lipinski definition) is 1. The first-order valence-corrected chi connectivity index (χ1v) is 9.53. The van der Waals surface area contributed by atoms with Crippen LogP contribution in [0, 0.1) is 5.82 Å². The summed E-state index contributed by atoms with van der Waals surface area (Å²) in [5.74, 6) is -0.454. The summed E-state index contributed by atoms with van der Waals surface area (Å²) in [4.78, 5) is 2.11. The fourth-order valence-electron chi connectivity index (χ4n) is 2.61. The third kappa shape index (κ3) is 3.25. The minimum absolute atomic E-state index is 0.223. The van der Waals surface area contributed by atoms with Gasteiger partial charge < -0.3 is 4.90 Å². The second-order valence-corrected chi connectivity index (χ2v) is 8.10. The highest BCUT2D eigenvalue weighted by Crippen LogP contribution is 2.31. The Morgan fingerprint density at radius 1 is 1.14 bits per heavy atom. The number of piperidine rings is 1. The first kappa shape index (κ1) is 15.3. The highest BCUT2D eigenvalue weighted by molar-refractivity contribution is 7.94. The first-order valence-electron chi connectivity index (χ1n) is 7.17. The van der Waals surface area contributed by atoms with Gasteiger partial charge in [-0.1, -0.05) is 6.07 Å². The van der Waals surface area contributed by atoms with Gasteiger partial charge in [0.1, 0.15) is 10.0 Å². The monoisotopic (exact) mass is 340 g/mol. The number of nitrogens with one attached hydrogen (secondary N) is 1. The van der Waals surface area contributed by atoms with E-state index in [1.165, 1.54) is 24.6 Å². The van der Waals surface area contributed by atoms with Gasteiger partial charge in [-0.25, -0.2) is 12.8 Å². The van der Waals surface area contributed by atoms with Gasteiger partial charge in [0, 0.05) is 19.2 Å².